The van der Waals surface area contributed by atoms with E-state index in [9.17, 15) is 19.2 Å². The first-order chi connectivity index (χ1) is 22.5. The molecule has 3 aromatic rings. The zero-order valence-corrected chi connectivity index (χ0v) is 27.5. The molecule has 5 rings (SSSR count). The fourth-order valence-electron chi connectivity index (χ4n) is 6.18. The summed E-state index contributed by atoms with van der Waals surface area (Å²) in [4.78, 5) is 55.4. The number of alkyl carbamates (subject to hydrolysis) is 1. The highest BCUT2D eigenvalue weighted by atomic mass is 16.6. The molecule has 9 nitrogen and oxygen atoms in total. The predicted molar refractivity (Wildman–Crippen MR) is 179 cm³/mol. The van der Waals surface area contributed by atoms with E-state index in [-0.39, 0.29) is 32.0 Å². The van der Waals surface area contributed by atoms with E-state index >= 15 is 0 Å². The molecule has 1 aliphatic carbocycles. The van der Waals surface area contributed by atoms with Crippen molar-refractivity contribution in [2.24, 2.45) is 0 Å². The Hall–Kier alpha value is -4.92. The first-order valence-corrected chi connectivity index (χ1v) is 16.1. The molecule has 3 amide bonds. The smallest absolute Gasteiger partial charge is 0.407 e. The SMILES string of the molecule is CC(C)(C)OC(=O)C1C/C=C\CCC(C)(N(Cc2ccccc2)C(=O)CNC(=O)OCC2c3ccccc3-c3ccccc32)C(=O)N1. The Bertz CT molecular complexity index is 1600. The van der Waals surface area contributed by atoms with Gasteiger partial charge in [-0.2, -0.15) is 0 Å². The van der Waals surface area contributed by atoms with E-state index < -0.39 is 41.1 Å². The highest BCUT2D eigenvalue weighted by molar-refractivity contribution is 5.95. The molecule has 0 spiro atoms. The molecule has 47 heavy (non-hydrogen) atoms. The summed E-state index contributed by atoms with van der Waals surface area (Å²) in [6.07, 6.45) is 4.12. The van der Waals surface area contributed by atoms with E-state index in [1.807, 2.05) is 78.9 Å². The van der Waals surface area contributed by atoms with Crippen molar-refractivity contribution in [2.75, 3.05) is 13.2 Å². The molecular weight excluding hydrogens is 594 g/mol. The van der Waals surface area contributed by atoms with Gasteiger partial charge in [-0.15, -0.1) is 0 Å². The quantitative estimate of drug-likeness (QED) is 0.236. The molecule has 2 N–H and O–H groups in total. The van der Waals surface area contributed by atoms with E-state index in [2.05, 4.69) is 22.8 Å². The van der Waals surface area contributed by atoms with Gasteiger partial charge >= 0.3 is 12.1 Å². The molecule has 0 aromatic heterocycles. The van der Waals surface area contributed by atoms with Gasteiger partial charge in [0.1, 0.15) is 30.3 Å². The minimum Gasteiger partial charge on any atom is -0.458 e. The first-order valence-electron chi connectivity index (χ1n) is 16.1. The van der Waals surface area contributed by atoms with Crippen LogP contribution in [0.5, 0.6) is 0 Å². The van der Waals surface area contributed by atoms with Crippen molar-refractivity contribution in [2.45, 2.75) is 76.6 Å². The van der Waals surface area contributed by atoms with Crippen molar-refractivity contribution in [1.29, 1.82) is 0 Å². The van der Waals surface area contributed by atoms with Crippen molar-refractivity contribution < 1.29 is 28.7 Å². The number of rotatable bonds is 8. The van der Waals surface area contributed by atoms with Gasteiger partial charge in [-0.1, -0.05) is 91.0 Å². The van der Waals surface area contributed by atoms with Crippen LogP contribution in [-0.4, -0.2) is 59.1 Å². The number of fused-ring (bicyclic) bond motifs is 3. The highest BCUT2D eigenvalue weighted by Gasteiger charge is 2.43. The van der Waals surface area contributed by atoms with Crippen LogP contribution in [0.15, 0.2) is 91.0 Å². The standard InChI is InChI=1S/C38H43N3O6/c1-37(2,3)47-34(43)32-21-9-6-14-22-38(4,35(44)40-32)41(24-26-15-7-5-8-16-26)33(42)23-39-36(45)46-25-31-29-19-12-10-17-27(29)28-18-11-13-20-30(28)31/h5-13,15-20,31-32H,14,21-25H2,1-4H3,(H,39,45)(H,40,44)/b9-6-. The summed E-state index contributed by atoms with van der Waals surface area (Å²) in [5, 5.41) is 5.47. The summed E-state index contributed by atoms with van der Waals surface area (Å²) in [6, 6.07) is 24.6. The number of ether oxygens (including phenoxy) is 2. The highest BCUT2D eigenvalue weighted by Crippen LogP contribution is 2.44. The number of carbonyl (C=O) groups is 4. The number of allylic oxidation sites excluding steroid dienone is 1. The van der Waals surface area contributed by atoms with Crippen LogP contribution >= 0.6 is 0 Å². The lowest BCUT2D eigenvalue weighted by atomic mass is 9.91. The summed E-state index contributed by atoms with van der Waals surface area (Å²) in [5.41, 5.74) is 3.16. The van der Waals surface area contributed by atoms with E-state index in [0.29, 0.717) is 12.8 Å². The topological polar surface area (TPSA) is 114 Å². The van der Waals surface area contributed by atoms with Gasteiger partial charge in [0.2, 0.25) is 11.8 Å². The molecule has 0 saturated heterocycles. The van der Waals surface area contributed by atoms with Crippen molar-refractivity contribution in [3.63, 3.8) is 0 Å². The summed E-state index contributed by atoms with van der Waals surface area (Å²) >= 11 is 0. The van der Waals surface area contributed by atoms with Crippen molar-refractivity contribution in [1.82, 2.24) is 15.5 Å². The Labute approximate surface area is 276 Å². The van der Waals surface area contributed by atoms with Gasteiger partial charge in [0.15, 0.2) is 0 Å². The third-order valence-corrected chi connectivity index (χ3v) is 8.63. The zero-order valence-electron chi connectivity index (χ0n) is 27.5. The van der Waals surface area contributed by atoms with Gasteiger partial charge < -0.3 is 25.0 Å². The number of carbonyl (C=O) groups excluding carboxylic acids is 4. The van der Waals surface area contributed by atoms with Crippen LogP contribution in [0, 0.1) is 0 Å². The molecule has 2 unspecified atom stereocenters. The number of amides is 3. The fraction of sp³-hybridized carbons (Fsp3) is 0.368. The lowest BCUT2D eigenvalue weighted by molar-refractivity contribution is -0.160. The number of benzene rings is 3. The van der Waals surface area contributed by atoms with Gasteiger partial charge in [0.25, 0.3) is 0 Å². The average Bonchev–Trinajstić information content (AvgIpc) is 3.40. The van der Waals surface area contributed by atoms with E-state index in [0.717, 1.165) is 27.8 Å². The monoisotopic (exact) mass is 637 g/mol. The molecule has 0 fully saturated rings. The minimum atomic E-state index is -1.34. The van der Waals surface area contributed by atoms with Crippen LogP contribution in [0.1, 0.15) is 69.6 Å². The zero-order chi connectivity index (χ0) is 33.6. The molecule has 0 radical (unpaired) electrons. The molecule has 0 bridgehead atoms. The Kier molecular flexibility index (Phi) is 10.1. The average molecular weight is 638 g/mol. The van der Waals surface area contributed by atoms with E-state index in [1.54, 1.807) is 27.7 Å². The van der Waals surface area contributed by atoms with Crippen LogP contribution in [0.2, 0.25) is 0 Å². The molecule has 9 heteroatoms. The molecular formula is C38H43N3O6. The molecule has 2 aliphatic rings. The lowest BCUT2D eigenvalue weighted by Crippen LogP contribution is -2.62. The van der Waals surface area contributed by atoms with Gasteiger partial charge in [-0.25, -0.2) is 9.59 Å². The third kappa shape index (κ3) is 7.91. The summed E-state index contributed by atoms with van der Waals surface area (Å²) in [6.45, 7) is 6.86. The number of nitrogens with one attached hydrogen (secondary N) is 2. The van der Waals surface area contributed by atoms with Crippen LogP contribution < -0.4 is 10.6 Å². The van der Waals surface area contributed by atoms with Crippen LogP contribution in [-0.2, 0) is 30.4 Å². The Morgan fingerprint density at radius 3 is 2.17 bits per heavy atom. The maximum atomic E-state index is 14.0. The maximum Gasteiger partial charge on any atom is 0.407 e. The lowest BCUT2D eigenvalue weighted by Gasteiger charge is -2.41. The number of nitrogens with zero attached hydrogens (tertiary/aromatic N) is 1. The summed E-state index contributed by atoms with van der Waals surface area (Å²) in [5.74, 6) is -1.59. The molecule has 3 aromatic carbocycles. The second-order valence-electron chi connectivity index (χ2n) is 13.2. The van der Waals surface area contributed by atoms with E-state index in [4.69, 9.17) is 9.47 Å². The van der Waals surface area contributed by atoms with Crippen LogP contribution in [0.3, 0.4) is 0 Å². The Morgan fingerprint density at radius 1 is 0.915 bits per heavy atom. The van der Waals surface area contributed by atoms with Crippen LogP contribution in [0.4, 0.5) is 4.79 Å². The number of esters is 1. The second kappa shape index (κ2) is 14.2. The summed E-state index contributed by atoms with van der Waals surface area (Å²) in [7, 11) is 0. The minimum absolute atomic E-state index is 0.111. The first kappa shape index (κ1) is 33.4. The predicted octanol–water partition coefficient (Wildman–Crippen LogP) is 5.88. The molecule has 246 valence electrons. The van der Waals surface area contributed by atoms with E-state index in [1.165, 1.54) is 4.90 Å². The largest absolute Gasteiger partial charge is 0.458 e. The summed E-state index contributed by atoms with van der Waals surface area (Å²) < 4.78 is 11.2. The fourth-order valence-corrected chi connectivity index (χ4v) is 6.18. The van der Waals surface area contributed by atoms with Crippen molar-refractivity contribution in [3.8, 4) is 11.1 Å². The maximum absolute atomic E-state index is 14.0. The Morgan fingerprint density at radius 2 is 1.53 bits per heavy atom. The van der Waals surface area contributed by atoms with Gasteiger partial charge in [-0.3, -0.25) is 9.59 Å². The normalized spacial score (nSPS) is 19.9. The second-order valence-corrected chi connectivity index (χ2v) is 13.2. The van der Waals surface area contributed by atoms with Crippen LogP contribution in [0.25, 0.3) is 11.1 Å². The van der Waals surface area contributed by atoms with Crippen molar-refractivity contribution in [3.05, 3.63) is 108 Å². The molecule has 1 heterocycles. The number of hydrogen-bond donors (Lipinski definition) is 2. The van der Waals surface area contributed by atoms with Gasteiger partial charge in [0.05, 0.1) is 0 Å². The van der Waals surface area contributed by atoms with Gasteiger partial charge in [-0.05, 0) is 74.8 Å². The Balaban J connectivity index is 1.30. The molecule has 1 aliphatic heterocycles. The third-order valence-electron chi connectivity index (χ3n) is 8.63. The van der Waals surface area contributed by atoms with Crippen molar-refractivity contribution >= 4 is 23.9 Å². The number of hydrogen-bond acceptors (Lipinski definition) is 6. The molecule has 2 atom stereocenters. The molecule has 0 saturated carbocycles. The van der Waals surface area contributed by atoms with Gasteiger partial charge in [0, 0.05) is 12.5 Å².